The average Bonchev–Trinajstić information content (AvgIpc) is 2.71. The Morgan fingerprint density at radius 1 is 1.39 bits per heavy atom. The number of amides is 1. The van der Waals surface area contributed by atoms with E-state index in [2.05, 4.69) is 29.3 Å². The van der Waals surface area contributed by atoms with Crippen LogP contribution in [0, 0.1) is 0 Å². The van der Waals surface area contributed by atoms with Crippen molar-refractivity contribution in [1.82, 2.24) is 15.1 Å². The lowest BCUT2D eigenvalue weighted by Gasteiger charge is -2.32. The number of likely N-dealkylation sites (N-methyl/N-ethyl adjacent to an activating group) is 1. The molecule has 1 saturated heterocycles. The maximum absolute atomic E-state index is 12.0. The fraction of sp³-hybridized carbons (Fsp3) is 0.500. The van der Waals surface area contributed by atoms with E-state index in [9.17, 15) is 4.79 Å². The molecule has 1 aliphatic heterocycles. The van der Waals surface area contributed by atoms with Crippen molar-refractivity contribution in [2.24, 2.45) is 0 Å². The minimum atomic E-state index is 0.00801. The van der Waals surface area contributed by atoms with Crippen molar-refractivity contribution < 1.29 is 4.79 Å². The predicted molar refractivity (Wildman–Crippen MR) is 72.0 cm³/mol. The molecule has 1 aromatic rings. The van der Waals surface area contributed by atoms with Gasteiger partial charge in [-0.2, -0.15) is 0 Å². The maximum Gasteiger partial charge on any atom is 0.238 e. The highest BCUT2D eigenvalue weighted by molar-refractivity contribution is 5.81. The molecule has 0 saturated carbocycles. The van der Waals surface area contributed by atoms with E-state index in [0.29, 0.717) is 6.54 Å². The molecule has 4 heteroatoms. The van der Waals surface area contributed by atoms with Crippen LogP contribution < -0.4 is 5.32 Å². The molecule has 1 aromatic carbocycles. The summed E-state index contributed by atoms with van der Waals surface area (Å²) in [6.07, 6.45) is 0.00801. The summed E-state index contributed by atoms with van der Waals surface area (Å²) in [6.45, 7) is 3.40. The fourth-order valence-electron chi connectivity index (χ4n) is 2.55. The monoisotopic (exact) mass is 247 g/mol. The van der Waals surface area contributed by atoms with Gasteiger partial charge in [0.1, 0.15) is 6.17 Å². The minimum Gasteiger partial charge on any atom is -0.318 e. The molecule has 0 spiro atoms. The molecule has 2 atom stereocenters. The second kappa shape index (κ2) is 5.50. The predicted octanol–water partition coefficient (Wildman–Crippen LogP) is 1.07. The molecule has 1 aliphatic rings. The van der Waals surface area contributed by atoms with Gasteiger partial charge in [0.05, 0.1) is 6.54 Å². The summed E-state index contributed by atoms with van der Waals surface area (Å²) in [4.78, 5) is 16.1. The van der Waals surface area contributed by atoms with E-state index in [0.717, 1.165) is 12.1 Å². The quantitative estimate of drug-likeness (QED) is 0.864. The molecule has 1 amide bonds. The lowest BCUT2D eigenvalue weighted by molar-refractivity contribution is -0.130. The third-order valence-electron chi connectivity index (χ3n) is 3.23. The van der Waals surface area contributed by atoms with Crippen molar-refractivity contribution in [3.8, 4) is 0 Å². The van der Waals surface area contributed by atoms with Crippen molar-refractivity contribution >= 4 is 5.91 Å². The summed E-state index contributed by atoms with van der Waals surface area (Å²) >= 11 is 0. The number of rotatable bonds is 4. The fourth-order valence-corrected chi connectivity index (χ4v) is 2.55. The van der Waals surface area contributed by atoms with E-state index in [-0.39, 0.29) is 18.1 Å². The lowest BCUT2D eigenvalue weighted by Crippen LogP contribution is -2.43. The van der Waals surface area contributed by atoms with Gasteiger partial charge >= 0.3 is 0 Å². The number of nitrogens with one attached hydrogen (secondary N) is 1. The van der Waals surface area contributed by atoms with Gasteiger partial charge in [0, 0.05) is 12.6 Å². The zero-order valence-corrected chi connectivity index (χ0v) is 11.3. The van der Waals surface area contributed by atoms with E-state index in [1.807, 2.05) is 37.2 Å². The molecule has 1 fully saturated rings. The van der Waals surface area contributed by atoms with Crippen LogP contribution in [0.2, 0.25) is 0 Å². The van der Waals surface area contributed by atoms with Crippen molar-refractivity contribution in [3.63, 3.8) is 0 Å². The molecule has 98 valence electrons. The van der Waals surface area contributed by atoms with Crippen molar-refractivity contribution in [2.45, 2.75) is 19.1 Å². The summed E-state index contributed by atoms with van der Waals surface area (Å²) in [5, 5.41) is 3.28. The normalized spacial score (nSPS) is 21.7. The van der Waals surface area contributed by atoms with Crippen LogP contribution in [0.3, 0.4) is 0 Å². The maximum atomic E-state index is 12.0. The van der Waals surface area contributed by atoms with Gasteiger partial charge in [-0.3, -0.25) is 10.1 Å². The summed E-state index contributed by atoms with van der Waals surface area (Å²) < 4.78 is 0. The summed E-state index contributed by atoms with van der Waals surface area (Å²) in [5.41, 5.74) is 1.15. The topological polar surface area (TPSA) is 35.6 Å². The number of carbonyl (C=O) groups excluding carboxylic acids is 1. The first-order chi connectivity index (χ1) is 8.59. The smallest absolute Gasteiger partial charge is 0.238 e. The number of nitrogens with zero attached hydrogens (tertiary/aromatic N) is 2. The van der Waals surface area contributed by atoms with Crippen LogP contribution in [0.4, 0.5) is 0 Å². The van der Waals surface area contributed by atoms with Crippen LogP contribution in [0.1, 0.15) is 18.7 Å². The van der Waals surface area contributed by atoms with Crippen LogP contribution in [-0.2, 0) is 4.79 Å². The van der Waals surface area contributed by atoms with Crippen LogP contribution >= 0.6 is 0 Å². The minimum absolute atomic E-state index is 0.00801. The van der Waals surface area contributed by atoms with Crippen LogP contribution in [0.25, 0.3) is 0 Å². The van der Waals surface area contributed by atoms with Gasteiger partial charge in [-0.15, -0.1) is 0 Å². The Hall–Kier alpha value is -1.39. The summed E-state index contributed by atoms with van der Waals surface area (Å²) in [7, 11) is 4.06. The number of hydrogen-bond acceptors (Lipinski definition) is 3. The Labute approximate surface area is 109 Å². The lowest BCUT2D eigenvalue weighted by atomic mass is 10.1. The van der Waals surface area contributed by atoms with Gasteiger partial charge in [0.25, 0.3) is 0 Å². The Morgan fingerprint density at radius 2 is 2.06 bits per heavy atom. The molecule has 0 bridgehead atoms. The Bertz CT molecular complexity index is 405. The van der Waals surface area contributed by atoms with Crippen LogP contribution in [0.15, 0.2) is 30.3 Å². The van der Waals surface area contributed by atoms with E-state index in [1.165, 1.54) is 0 Å². The van der Waals surface area contributed by atoms with E-state index < -0.39 is 0 Å². The van der Waals surface area contributed by atoms with Crippen LogP contribution in [-0.4, -0.2) is 48.9 Å². The number of carbonyl (C=O) groups is 1. The molecule has 1 heterocycles. The molecule has 18 heavy (non-hydrogen) atoms. The van der Waals surface area contributed by atoms with Crippen LogP contribution in [0.5, 0.6) is 0 Å². The molecule has 0 aliphatic carbocycles. The highest BCUT2D eigenvalue weighted by Gasteiger charge is 2.34. The molecular formula is C14H21N3O. The molecule has 1 N–H and O–H groups in total. The van der Waals surface area contributed by atoms with Gasteiger partial charge in [0.15, 0.2) is 0 Å². The van der Waals surface area contributed by atoms with Gasteiger partial charge < -0.3 is 9.80 Å². The Morgan fingerprint density at radius 3 is 2.67 bits per heavy atom. The Kier molecular flexibility index (Phi) is 3.99. The van der Waals surface area contributed by atoms with Crippen molar-refractivity contribution in [2.75, 3.05) is 27.2 Å². The van der Waals surface area contributed by atoms with E-state index in [1.54, 1.807) is 0 Å². The first-order valence-corrected chi connectivity index (χ1v) is 6.34. The summed E-state index contributed by atoms with van der Waals surface area (Å²) in [5.74, 6) is 0.179. The van der Waals surface area contributed by atoms with Gasteiger partial charge in [-0.05, 0) is 26.6 Å². The molecular weight excluding hydrogens is 226 g/mol. The SMILES string of the molecule is CC(CN(C)C)N1C(=O)CNC1c1ccccc1. The van der Waals surface area contributed by atoms with Gasteiger partial charge in [-0.1, -0.05) is 30.3 Å². The first kappa shape index (κ1) is 13.1. The summed E-state index contributed by atoms with van der Waals surface area (Å²) in [6, 6.07) is 10.3. The molecule has 0 radical (unpaired) electrons. The van der Waals surface area contributed by atoms with Crippen molar-refractivity contribution in [3.05, 3.63) is 35.9 Å². The van der Waals surface area contributed by atoms with Gasteiger partial charge in [-0.25, -0.2) is 0 Å². The molecule has 2 unspecified atom stereocenters. The Balaban J connectivity index is 2.18. The molecule has 2 rings (SSSR count). The highest BCUT2D eigenvalue weighted by Crippen LogP contribution is 2.24. The molecule has 0 aromatic heterocycles. The third-order valence-corrected chi connectivity index (χ3v) is 3.23. The standard InChI is InChI=1S/C14H21N3O/c1-11(10-16(2)3)17-13(18)9-15-14(17)12-7-5-4-6-8-12/h4-8,11,14-15H,9-10H2,1-3H3. The second-order valence-corrected chi connectivity index (χ2v) is 5.11. The van der Waals surface area contributed by atoms with E-state index in [4.69, 9.17) is 0 Å². The largest absolute Gasteiger partial charge is 0.318 e. The average molecular weight is 247 g/mol. The van der Waals surface area contributed by atoms with E-state index >= 15 is 0 Å². The second-order valence-electron chi connectivity index (χ2n) is 5.11. The molecule has 4 nitrogen and oxygen atoms in total. The van der Waals surface area contributed by atoms with Gasteiger partial charge in [0.2, 0.25) is 5.91 Å². The zero-order valence-electron chi connectivity index (χ0n) is 11.3. The van der Waals surface area contributed by atoms with Crippen molar-refractivity contribution in [1.29, 1.82) is 0 Å². The first-order valence-electron chi connectivity index (χ1n) is 6.34. The number of benzene rings is 1. The highest BCUT2D eigenvalue weighted by atomic mass is 16.2. The third kappa shape index (κ3) is 2.71. The number of hydrogen-bond donors (Lipinski definition) is 1. The zero-order chi connectivity index (χ0) is 13.1.